The summed E-state index contributed by atoms with van der Waals surface area (Å²) in [6.07, 6.45) is 2.50. The van der Waals surface area contributed by atoms with Crippen LogP contribution in [-0.4, -0.2) is 22.1 Å². The summed E-state index contributed by atoms with van der Waals surface area (Å²) < 4.78 is 0. The molecule has 0 saturated heterocycles. The van der Waals surface area contributed by atoms with Crippen LogP contribution in [0.3, 0.4) is 0 Å². The zero-order chi connectivity index (χ0) is 18.1. The number of carboxylic acid groups (broad SMARTS) is 1. The Hall–Kier alpha value is -2.59. The summed E-state index contributed by atoms with van der Waals surface area (Å²) in [6, 6.07) is 11.2. The van der Waals surface area contributed by atoms with E-state index < -0.39 is 12.0 Å². The number of para-hydroxylation sites is 1. The molecule has 25 heavy (non-hydrogen) atoms. The monoisotopic (exact) mass is 336 g/mol. The number of aryl methyl sites for hydroxylation is 3. The number of hydrogen-bond donors (Lipinski definition) is 3. The van der Waals surface area contributed by atoms with Crippen molar-refractivity contribution in [3.8, 4) is 0 Å². The molecule has 1 heterocycles. The molecule has 3 aromatic rings. The van der Waals surface area contributed by atoms with Crippen molar-refractivity contribution in [3.05, 3.63) is 70.4 Å². The molecular weight excluding hydrogens is 312 g/mol. The number of benzene rings is 2. The van der Waals surface area contributed by atoms with E-state index >= 15 is 0 Å². The van der Waals surface area contributed by atoms with E-state index in [1.165, 1.54) is 22.3 Å². The Balaban J connectivity index is 2.09. The zero-order valence-electron chi connectivity index (χ0n) is 14.8. The number of aliphatic carboxylic acids is 1. The maximum Gasteiger partial charge on any atom is 0.321 e. The largest absolute Gasteiger partial charge is 0.480 e. The van der Waals surface area contributed by atoms with Crippen LogP contribution in [0.15, 0.2) is 42.6 Å². The van der Waals surface area contributed by atoms with Gasteiger partial charge in [0.05, 0.1) is 0 Å². The molecule has 0 amide bonds. The fourth-order valence-electron chi connectivity index (χ4n) is 3.76. The van der Waals surface area contributed by atoms with Crippen molar-refractivity contribution in [1.29, 1.82) is 0 Å². The molecule has 2 atom stereocenters. The first-order valence-electron chi connectivity index (χ1n) is 8.49. The second-order valence-corrected chi connectivity index (χ2v) is 6.84. The lowest BCUT2D eigenvalue weighted by Gasteiger charge is -2.23. The maximum atomic E-state index is 11.7. The summed E-state index contributed by atoms with van der Waals surface area (Å²) >= 11 is 0. The first kappa shape index (κ1) is 17.2. The van der Waals surface area contributed by atoms with E-state index in [1.807, 2.05) is 30.5 Å². The molecule has 4 nitrogen and oxygen atoms in total. The van der Waals surface area contributed by atoms with Crippen LogP contribution >= 0.6 is 0 Å². The van der Waals surface area contributed by atoms with Crippen LogP contribution in [0, 0.1) is 20.8 Å². The average molecular weight is 336 g/mol. The third kappa shape index (κ3) is 3.30. The number of carbonyl (C=O) groups is 1. The minimum atomic E-state index is -0.974. The number of carboxylic acids is 1. The molecule has 0 saturated carbocycles. The molecule has 2 aromatic carbocycles. The van der Waals surface area contributed by atoms with Gasteiger partial charge in [0, 0.05) is 23.0 Å². The van der Waals surface area contributed by atoms with Gasteiger partial charge in [0.25, 0.3) is 0 Å². The van der Waals surface area contributed by atoms with Crippen molar-refractivity contribution in [1.82, 2.24) is 4.98 Å². The standard InChI is InChI=1S/C21H24N2O2/c1-12-8-13(2)16(14(3)9-12)10-17(20(22)21(24)25)18-11-23-19-7-5-4-6-15(18)19/h4-9,11,17,20,23H,10,22H2,1-3H3,(H,24,25). The topological polar surface area (TPSA) is 79.1 Å². The van der Waals surface area contributed by atoms with Gasteiger partial charge in [0.15, 0.2) is 0 Å². The van der Waals surface area contributed by atoms with Gasteiger partial charge in [-0.3, -0.25) is 4.79 Å². The lowest BCUT2D eigenvalue weighted by Crippen LogP contribution is -2.37. The van der Waals surface area contributed by atoms with Crippen molar-refractivity contribution >= 4 is 16.9 Å². The van der Waals surface area contributed by atoms with E-state index in [1.54, 1.807) is 0 Å². The van der Waals surface area contributed by atoms with E-state index in [0.29, 0.717) is 6.42 Å². The average Bonchev–Trinajstić information content (AvgIpc) is 2.97. The highest BCUT2D eigenvalue weighted by Gasteiger charge is 2.29. The number of hydrogen-bond acceptors (Lipinski definition) is 2. The third-order valence-corrected chi connectivity index (χ3v) is 5.00. The van der Waals surface area contributed by atoms with E-state index in [0.717, 1.165) is 16.5 Å². The second kappa shape index (κ2) is 6.73. The minimum Gasteiger partial charge on any atom is -0.480 e. The van der Waals surface area contributed by atoms with Crippen molar-refractivity contribution in [2.24, 2.45) is 5.73 Å². The molecule has 0 spiro atoms. The molecule has 0 bridgehead atoms. The summed E-state index contributed by atoms with van der Waals surface area (Å²) in [5.74, 6) is -1.27. The van der Waals surface area contributed by atoms with Gasteiger partial charge in [0.1, 0.15) is 6.04 Å². The molecular formula is C21H24N2O2. The lowest BCUT2D eigenvalue weighted by atomic mass is 9.83. The smallest absolute Gasteiger partial charge is 0.321 e. The van der Waals surface area contributed by atoms with Gasteiger partial charge in [-0.2, -0.15) is 0 Å². The maximum absolute atomic E-state index is 11.7. The summed E-state index contributed by atoms with van der Waals surface area (Å²) in [6.45, 7) is 6.23. The van der Waals surface area contributed by atoms with Crippen molar-refractivity contribution in [2.75, 3.05) is 0 Å². The van der Waals surface area contributed by atoms with Crippen LogP contribution < -0.4 is 5.73 Å². The third-order valence-electron chi connectivity index (χ3n) is 5.00. The van der Waals surface area contributed by atoms with Crippen LogP contribution in [0.4, 0.5) is 0 Å². The van der Waals surface area contributed by atoms with Crippen molar-refractivity contribution in [3.63, 3.8) is 0 Å². The van der Waals surface area contributed by atoms with Crippen LogP contribution in [0.5, 0.6) is 0 Å². The van der Waals surface area contributed by atoms with E-state index in [2.05, 4.69) is 37.9 Å². The Morgan fingerprint density at radius 1 is 1.16 bits per heavy atom. The molecule has 2 unspecified atom stereocenters. The van der Waals surface area contributed by atoms with Crippen LogP contribution in [0.1, 0.15) is 33.7 Å². The molecule has 0 radical (unpaired) electrons. The van der Waals surface area contributed by atoms with Gasteiger partial charge < -0.3 is 15.8 Å². The number of nitrogens with one attached hydrogen (secondary N) is 1. The zero-order valence-corrected chi connectivity index (χ0v) is 14.8. The number of H-pyrrole nitrogens is 1. The first-order chi connectivity index (χ1) is 11.9. The van der Waals surface area contributed by atoms with Crippen LogP contribution in [0.25, 0.3) is 10.9 Å². The van der Waals surface area contributed by atoms with Gasteiger partial charge in [0.2, 0.25) is 0 Å². The highest BCUT2D eigenvalue weighted by molar-refractivity contribution is 5.85. The van der Waals surface area contributed by atoms with E-state index in [9.17, 15) is 9.90 Å². The fourth-order valence-corrected chi connectivity index (χ4v) is 3.76. The highest BCUT2D eigenvalue weighted by atomic mass is 16.4. The Bertz CT molecular complexity index is 904. The number of rotatable bonds is 5. The Labute approximate surface area is 147 Å². The number of aromatic amines is 1. The fraction of sp³-hybridized carbons (Fsp3) is 0.286. The normalized spacial score (nSPS) is 13.8. The molecule has 0 aliphatic rings. The first-order valence-corrected chi connectivity index (χ1v) is 8.49. The van der Waals surface area contributed by atoms with Gasteiger partial charge in [-0.05, 0) is 55.5 Å². The molecule has 0 fully saturated rings. The number of fused-ring (bicyclic) bond motifs is 1. The predicted octanol–water partition coefficient (Wildman–Crippen LogP) is 3.83. The number of aromatic nitrogens is 1. The lowest BCUT2D eigenvalue weighted by molar-refractivity contribution is -0.139. The van der Waals surface area contributed by atoms with Crippen molar-refractivity contribution in [2.45, 2.75) is 39.2 Å². The molecule has 1 aromatic heterocycles. The van der Waals surface area contributed by atoms with Crippen LogP contribution in [0.2, 0.25) is 0 Å². The van der Waals surface area contributed by atoms with Crippen molar-refractivity contribution < 1.29 is 9.90 Å². The summed E-state index contributed by atoms with van der Waals surface area (Å²) in [5, 5.41) is 10.6. The molecule has 4 heteroatoms. The quantitative estimate of drug-likeness (QED) is 0.662. The Kier molecular flexibility index (Phi) is 4.64. The molecule has 0 aliphatic heterocycles. The molecule has 130 valence electrons. The molecule has 3 rings (SSSR count). The predicted molar refractivity (Wildman–Crippen MR) is 101 cm³/mol. The molecule has 0 aliphatic carbocycles. The summed E-state index contributed by atoms with van der Waals surface area (Å²) in [7, 11) is 0. The minimum absolute atomic E-state index is 0.297. The van der Waals surface area contributed by atoms with Gasteiger partial charge in [-0.15, -0.1) is 0 Å². The summed E-state index contributed by atoms with van der Waals surface area (Å²) in [4.78, 5) is 14.9. The van der Waals surface area contributed by atoms with E-state index in [-0.39, 0.29) is 5.92 Å². The number of nitrogens with two attached hydrogens (primary N) is 1. The Morgan fingerprint density at radius 3 is 2.44 bits per heavy atom. The van der Waals surface area contributed by atoms with E-state index in [4.69, 9.17) is 5.73 Å². The summed E-state index contributed by atoms with van der Waals surface area (Å²) in [5.41, 5.74) is 12.8. The van der Waals surface area contributed by atoms with Gasteiger partial charge in [-0.25, -0.2) is 0 Å². The van der Waals surface area contributed by atoms with Gasteiger partial charge >= 0.3 is 5.97 Å². The SMILES string of the molecule is Cc1cc(C)c(CC(c2c[nH]c3ccccc23)C(N)C(=O)O)c(C)c1. The highest BCUT2D eigenvalue weighted by Crippen LogP contribution is 2.32. The Morgan fingerprint density at radius 2 is 1.80 bits per heavy atom. The second-order valence-electron chi connectivity index (χ2n) is 6.84. The molecule has 4 N–H and O–H groups in total. The van der Waals surface area contributed by atoms with Gasteiger partial charge in [-0.1, -0.05) is 35.9 Å². The van der Waals surface area contributed by atoms with Crippen LogP contribution in [-0.2, 0) is 11.2 Å².